The van der Waals surface area contributed by atoms with Crippen molar-refractivity contribution in [2.45, 2.75) is 60.3 Å². The Balaban J connectivity index is 0. The lowest BCUT2D eigenvalue weighted by Crippen LogP contribution is -2.39. The van der Waals surface area contributed by atoms with Crippen molar-refractivity contribution in [1.29, 1.82) is 0 Å². The molecular weight excluding hydrogens is 220 g/mol. The van der Waals surface area contributed by atoms with Crippen LogP contribution in [0.1, 0.15) is 60.3 Å². The van der Waals surface area contributed by atoms with Crippen LogP contribution in [-0.2, 0) is 0 Å². The molecule has 112 valence electrons. The minimum absolute atomic E-state index is 0.650. The van der Waals surface area contributed by atoms with Crippen LogP contribution in [0.5, 0.6) is 0 Å². The van der Waals surface area contributed by atoms with E-state index in [1.54, 1.807) is 0 Å². The standard InChI is InChI=1S/C12H26N2.2C2H6/c1-5-12(6-9-13(2)3)7-10-14(4)11-8-12;2*1-2/h5-11H2,1-4H3;2*1-2H3. The monoisotopic (exact) mass is 258 g/mol. The molecule has 0 unspecified atom stereocenters. The maximum Gasteiger partial charge on any atom is -0.00165 e. The Morgan fingerprint density at radius 1 is 1.00 bits per heavy atom. The van der Waals surface area contributed by atoms with Crippen molar-refractivity contribution < 1.29 is 0 Å². The van der Waals surface area contributed by atoms with Gasteiger partial charge in [-0.2, -0.15) is 0 Å². The van der Waals surface area contributed by atoms with Gasteiger partial charge in [-0.15, -0.1) is 0 Å². The number of hydrogen-bond acceptors (Lipinski definition) is 2. The number of likely N-dealkylation sites (tertiary alicyclic amines) is 1. The maximum absolute atomic E-state index is 2.46. The van der Waals surface area contributed by atoms with E-state index in [1.165, 1.54) is 45.3 Å². The lowest BCUT2D eigenvalue weighted by molar-refractivity contribution is 0.0985. The summed E-state index contributed by atoms with van der Waals surface area (Å²) in [6, 6.07) is 0. The first kappa shape index (κ1) is 20.2. The molecule has 2 heteroatoms. The average Bonchev–Trinajstić information content (AvgIpc) is 2.43. The summed E-state index contributed by atoms with van der Waals surface area (Å²) in [5.41, 5.74) is 0.650. The minimum Gasteiger partial charge on any atom is -0.309 e. The molecular formula is C16H38N2. The van der Waals surface area contributed by atoms with Crippen LogP contribution in [0.25, 0.3) is 0 Å². The molecule has 0 bridgehead atoms. The van der Waals surface area contributed by atoms with E-state index in [0.717, 1.165) is 0 Å². The predicted octanol–water partition coefficient (Wildman–Crippen LogP) is 4.11. The average molecular weight is 258 g/mol. The summed E-state index contributed by atoms with van der Waals surface area (Å²) >= 11 is 0. The number of rotatable bonds is 4. The summed E-state index contributed by atoms with van der Waals surface area (Å²) in [4.78, 5) is 4.78. The maximum atomic E-state index is 2.46. The highest BCUT2D eigenvalue weighted by molar-refractivity contribution is 4.84. The normalized spacial score (nSPS) is 18.5. The molecule has 1 heterocycles. The summed E-state index contributed by atoms with van der Waals surface area (Å²) in [5.74, 6) is 0. The smallest absolute Gasteiger partial charge is 0.00165 e. The van der Waals surface area contributed by atoms with E-state index in [-0.39, 0.29) is 0 Å². The lowest BCUT2D eigenvalue weighted by Gasteiger charge is -2.41. The fraction of sp³-hybridized carbons (Fsp3) is 1.00. The van der Waals surface area contributed by atoms with Gasteiger partial charge in [0, 0.05) is 0 Å². The van der Waals surface area contributed by atoms with E-state index in [2.05, 4.69) is 37.9 Å². The first-order chi connectivity index (χ1) is 8.58. The zero-order chi connectivity index (χ0) is 14.6. The van der Waals surface area contributed by atoms with Gasteiger partial charge in [0.2, 0.25) is 0 Å². The molecule has 0 aromatic carbocycles. The fourth-order valence-corrected chi connectivity index (χ4v) is 2.33. The highest BCUT2D eigenvalue weighted by Gasteiger charge is 2.31. The van der Waals surface area contributed by atoms with E-state index < -0.39 is 0 Å². The molecule has 1 aliphatic rings. The Morgan fingerprint density at radius 2 is 1.44 bits per heavy atom. The SMILES string of the molecule is CC.CC.CCC1(CCN(C)C)CCN(C)CC1. The van der Waals surface area contributed by atoms with E-state index in [9.17, 15) is 0 Å². The highest BCUT2D eigenvalue weighted by Crippen LogP contribution is 2.37. The van der Waals surface area contributed by atoms with E-state index in [0.29, 0.717) is 5.41 Å². The molecule has 0 radical (unpaired) electrons. The Bertz CT molecular complexity index is 158. The molecule has 18 heavy (non-hydrogen) atoms. The van der Waals surface area contributed by atoms with E-state index >= 15 is 0 Å². The summed E-state index contributed by atoms with van der Waals surface area (Å²) in [5, 5.41) is 0. The van der Waals surface area contributed by atoms with Gasteiger partial charge >= 0.3 is 0 Å². The van der Waals surface area contributed by atoms with Crippen molar-refractivity contribution in [3.05, 3.63) is 0 Å². The molecule has 0 spiro atoms. The lowest BCUT2D eigenvalue weighted by atomic mass is 9.73. The van der Waals surface area contributed by atoms with Crippen LogP contribution in [0, 0.1) is 5.41 Å². The van der Waals surface area contributed by atoms with Gasteiger partial charge in [0.15, 0.2) is 0 Å². The van der Waals surface area contributed by atoms with Gasteiger partial charge < -0.3 is 9.80 Å². The molecule has 1 rings (SSSR count). The van der Waals surface area contributed by atoms with Gasteiger partial charge in [-0.1, -0.05) is 41.0 Å². The molecule has 0 amide bonds. The topological polar surface area (TPSA) is 6.48 Å². The summed E-state index contributed by atoms with van der Waals surface area (Å²) < 4.78 is 0. The molecule has 1 saturated heterocycles. The van der Waals surface area contributed by atoms with E-state index in [1.807, 2.05) is 27.7 Å². The Hall–Kier alpha value is -0.0800. The zero-order valence-electron chi connectivity index (χ0n) is 14.3. The Morgan fingerprint density at radius 3 is 1.78 bits per heavy atom. The van der Waals surface area contributed by atoms with Crippen LogP contribution in [0.3, 0.4) is 0 Å². The van der Waals surface area contributed by atoms with Crippen molar-refractivity contribution >= 4 is 0 Å². The van der Waals surface area contributed by atoms with Crippen molar-refractivity contribution in [1.82, 2.24) is 9.80 Å². The Labute approximate surface area is 117 Å². The van der Waals surface area contributed by atoms with Crippen molar-refractivity contribution in [2.24, 2.45) is 5.41 Å². The fourth-order valence-electron chi connectivity index (χ4n) is 2.33. The Kier molecular flexibility index (Phi) is 13.5. The van der Waals surface area contributed by atoms with Gasteiger partial charge in [0.25, 0.3) is 0 Å². The largest absolute Gasteiger partial charge is 0.309 e. The first-order valence-electron chi connectivity index (χ1n) is 7.91. The zero-order valence-corrected chi connectivity index (χ0v) is 14.3. The quantitative estimate of drug-likeness (QED) is 0.748. The van der Waals surface area contributed by atoms with Crippen LogP contribution in [-0.4, -0.2) is 50.6 Å². The van der Waals surface area contributed by atoms with Crippen LogP contribution in [0.2, 0.25) is 0 Å². The summed E-state index contributed by atoms with van der Waals surface area (Å²) in [6.45, 7) is 14.2. The minimum atomic E-state index is 0.650. The second kappa shape index (κ2) is 12.0. The van der Waals surface area contributed by atoms with Crippen LogP contribution < -0.4 is 0 Å². The van der Waals surface area contributed by atoms with Gasteiger partial charge in [-0.25, -0.2) is 0 Å². The second-order valence-electron chi connectivity index (χ2n) is 5.21. The molecule has 0 aromatic heterocycles. The molecule has 1 aliphatic heterocycles. The van der Waals surface area contributed by atoms with Gasteiger partial charge in [-0.05, 0) is 65.5 Å². The predicted molar refractivity (Wildman–Crippen MR) is 85.3 cm³/mol. The van der Waals surface area contributed by atoms with Crippen molar-refractivity contribution in [3.8, 4) is 0 Å². The van der Waals surface area contributed by atoms with E-state index in [4.69, 9.17) is 0 Å². The molecule has 2 nitrogen and oxygen atoms in total. The molecule has 0 atom stereocenters. The van der Waals surface area contributed by atoms with Crippen molar-refractivity contribution in [3.63, 3.8) is 0 Å². The highest BCUT2D eigenvalue weighted by atomic mass is 15.1. The van der Waals surface area contributed by atoms with Crippen molar-refractivity contribution in [2.75, 3.05) is 40.8 Å². The number of nitrogens with zero attached hydrogens (tertiary/aromatic N) is 2. The third-order valence-electron chi connectivity index (χ3n) is 3.89. The van der Waals surface area contributed by atoms with Crippen LogP contribution in [0.4, 0.5) is 0 Å². The number of piperidine rings is 1. The summed E-state index contributed by atoms with van der Waals surface area (Å²) in [7, 11) is 6.60. The van der Waals surface area contributed by atoms with Gasteiger partial charge in [0.1, 0.15) is 0 Å². The van der Waals surface area contributed by atoms with Gasteiger partial charge in [0.05, 0.1) is 0 Å². The molecule has 1 fully saturated rings. The third-order valence-corrected chi connectivity index (χ3v) is 3.89. The molecule has 0 aromatic rings. The third kappa shape index (κ3) is 8.10. The first-order valence-corrected chi connectivity index (χ1v) is 7.91. The second-order valence-corrected chi connectivity index (χ2v) is 5.21. The number of hydrogen-bond donors (Lipinski definition) is 0. The molecule has 0 N–H and O–H groups in total. The summed E-state index contributed by atoms with van der Waals surface area (Å²) in [6.07, 6.45) is 5.53. The molecule has 0 aliphatic carbocycles. The van der Waals surface area contributed by atoms with Crippen LogP contribution in [0.15, 0.2) is 0 Å². The molecule has 0 saturated carbocycles. The van der Waals surface area contributed by atoms with Gasteiger partial charge in [-0.3, -0.25) is 0 Å². The van der Waals surface area contributed by atoms with Crippen LogP contribution >= 0.6 is 0 Å².